The van der Waals surface area contributed by atoms with Crippen molar-refractivity contribution in [3.05, 3.63) is 71.8 Å². The molecule has 0 aromatic heterocycles. The first-order valence-electron chi connectivity index (χ1n) is 16.1. The van der Waals surface area contributed by atoms with E-state index in [0.29, 0.717) is 11.6 Å². The summed E-state index contributed by atoms with van der Waals surface area (Å²) in [7, 11) is 0. The van der Waals surface area contributed by atoms with Gasteiger partial charge in [0.05, 0.1) is 0 Å². The van der Waals surface area contributed by atoms with Crippen molar-refractivity contribution in [2.45, 2.75) is 106 Å². The number of ketones is 2. The minimum Gasteiger partial charge on any atom is -0.298 e. The highest BCUT2D eigenvalue weighted by Crippen LogP contribution is 2.83. The monoisotopic (exact) mass is 538 g/mol. The van der Waals surface area contributed by atoms with Crippen LogP contribution in [0.5, 0.6) is 0 Å². The van der Waals surface area contributed by atoms with Crippen molar-refractivity contribution < 1.29 is 9.59 Å². The van der Waals surface area contributed by atoms with Crippen LogP contribution in [0.2, 0.25) is 0 Å². The summed E-state index contributed by atoms with van der Waals surface area (Å²) in [6.45, 7) is 14.0. The van der Waals surface area contributed by atoms with Gasteiger partial charge in [0.25, 0.3) is 0 Å². The number of hydrogen-bond acceptors (Lipinski definition) is 2. The molecule has 0 aliphatic heterocycles. The second-order valence-corrected chi connectivity index (χ2v) is 15.6. The normalized spacial score (nSPS) is 38.9. The number of fused-ring (bicyclic) bond motifs is 4. The van der Waals surface area contributed by atoms with E-state index < -0.39 is 10.8 Å². The Morgan fingerprint density at radius 2 is 0.925 bits per heavy atom. The van der Waals surface area contributed by atoms with Crippen molar-refractivity contribution in [1.29, 1.82) is 0 Å². The highest BCUT2D eigenvalue weighted by atomic mass is 16.1. The number of hydrogen-bond donors (Lipinski definition) is 0. The Morgan fingerprint density at radius 1 is 0.575 bits per heavy atom. The minimum absolute atomic E-state index is 0.0869. The topological polar surface area (TPSA) is 34.1 Å². The van der Waals surface area contributed by atoms with Gasteiger partial charge in [-0.2, -0.15) is 0 Å². The molecule has 2 aromatic carbocycles. The van der Waals surface area contributed by atoms with Gasteiger partial charge in [0.2, 0.25) is 0 Å². The van der Waals surface area contributed by atoms with Crippen molar-refractivity contribution >= 4 is 11.6 Å². The van der Waals surface area contributed by atoms with Crippen molar-refractivity contribution in [3.8, 4) is 0 Å². The summed E-state index contributed by atoms with van der Waals surface area (Å²) < 4.78 is 0. The zero-order valence-electron chi connectivity index (χ0n) is 25.8. The summed E-state index contributed by atoms with van der Waals surface area (Å²) in [4.78, 5) is 30.6. The molecule has 0 unspecified atom stereocenters. The molecule has 2 nitrogen and oxygen atoms in total. The third-order valence-corrected chi connectivity index (χ3v) is 14.0. The number of benzene rings is 2. The molecule has 0 amide bonds. The van der Waals surface area contributed by atoms with Crippen LogP contribution in [0.1, 0.15) is 104 Å². The van der Waals surface area contributed by atoms with Gasteiger partial charge < -0.3 is 0 Å². The molecule has 0 N–H and O–H groups in total. The first-order valence-corrected chi connectivity index (χ1v) is 16.1. The van der Waals surface area contributed by atoms with E-state index in [4.69, 9.17) is 0 Å². The standard InChI is InChI=1S/C38H50O2/c1-33(2)29-21-25-35(33,5)31(39)37(29,23-13-19-27-15-9-7-10-16-27)38(24-14-20-28-17-11-8-12-18-28)30-22-26-36(6,32(38)40)34(30,3)4/h7-12,15-18,29-30H,13-14,19-26H2,1-6H3/t29-,30-,35-,36+,37+,38+/m0/s1. The summed E-state index contributed by atoms with van der Waals surface area (Å²) in [6.07, 6.45) is 9.70. The lowest BCUT2D eigenvalue weighted by Gasteiger charge is -2.56. The van der Waals surface area contributed by atoms with Gasteiger partial charge in [-0.25, -0.2) is 0 Å². The summed E-state index contributed by atoms with van der Waals surface area (Å²) in [5.74, 6) is 1.45. The van der Waals surface area contributed by atoms with Gasteiger partial charge in [0, 0.05) is 21.7 Å². The lowest BCUT2D eigenvalue weighted by atomic mass is 9.45. The van der Waals surface area contributed by atoms with E-state index in [9.17, 15) is 0 Å². The zero-order valence-corrected chi connectivity index (χ0v) is 25.8. The summed E-state index contributed by atoms with van der Waals surface area (Å²) in [5, 5.41) is 0. The van der Waals surface area contributed by atoms with Crippen LogP contribution in [0.15, 0.2) is 60.7 Å². The fourth-order valence-corrected chi connectivity index (χ4v) is 11.3. The number of carbonyl (C=O) groups excluding carboxylic acids is 2. The number of aryl methyl sites for hydroxylation is 2. The first-order chi connectivity index (χ1) is 18.9. The van der Waals surface area contributed by atoms with Gasteiger partial charge >= 0.3 is 0 Å². The smallest absolute Gasteiger partial charge is 0.146 e. The molecule has 4 fully saturated rings. The number of carbonyl (C=O) groups is 2. The van der Waals surface area contributed by atoms with Gasteiger partial charge in [0.15, 0.2) is 0 Å². The third kappa shape index (κ3) is 3.29. The number of Topliss-reactive ketones (excluding diaryl/α,β-unsaturated/α-hetero) is 2. The molecule has 2 heteroatoms. The highest BCUT2D eigenvalue weighted by molar-refractivity contribution is 6.05. The summed E-state index contributed by atoms with van der Waals surface area (Å²) >= 11 is 0. The molecule has 6 atom stereocenters. The van der Waals surface area contributed by atoms with Gasteiger partial charge in [0.1, 0.15) is 11.6 Å². The first kappa shape index (κ1) is 27.9. The second-order valence-electron chi connectivity index (χ2n) is 15.6. The molecule has 0 spiro atoms. The van der Waals surface area contributed by atoms with Crippen LogP contribution >= 0.6 is 0 Å². The predicted octanol–water partition coefficient (Wildman–Crippen LogP) is 9.06. The number of rotatable bonds is 9. The van der Waals surface area contributed by atoms with Gasteiger partial charge in [-0.05, 0) is 98.0 Å². The third-order valence-electron chi connectivity index (χ3n) is 14.0. The molecular formula is C38H50O2. The molecule has 0 radical (unpaired) electrons. The molecule has 0 heterocycles. The van der Waals surface area contributed by atoms with Crippen molar-refractivity contribution in [2.24, 2.45) is 44.3 Å². The molecule has 4 aliphatic carbocycles. The predicted molar refractivity (Wildman–Crippen MR) is 163 cm³/mol. The van der Waals surface area contributed by atoms with Crippen LogP contribution in [0.3, 0.4) is 0 Å². The van der Waals surface area contributed by atoms with Crippen LogP contribution in [-0.4, -0.2) is 11.6 Å². The molecule has 4 bridgehead atoms. The highest BCUT2D eigenvalue weighted by Gasteiger charge is 2.85. The molecule has 0 saturated heterocycles. The van der Waals surface area contributed by atoms with E-state index in [1.54, 1.807) is 0 Å². The Kier molecular flexibility index (Phi) is 6.38. The summed E-state index contributed by atoms with van der Waals surface area (Å²) in [6, 6.07) is 21.5. The lowest BCUT2D eigenvalue weighted by molar-refractivity contribution is -0.167. The molecule has 6 rings (SSSR count). The maximum atomic E-state index is 15.3. The Hall–Kier alpha value is -2.22. The lowest BCUT2D eigenvalue weighted by Crippen LogP contribution is -2.60. The van der Waals surface area contributed by atoms with Gasteiger partial charge in [-0.15, -0.1) is 0 Å². The van der Waals surface area contributed by atoms with E-state index in [0.717, 1.165) is 64.2 Å². The fourth-order valence-electron chi connectivity index (χ4n) is 11.3. The molecule has 40 heavy (non-hydrogen) atoms. The SMILES string of the molecule is CC1(C)[C@@H]2CC[C@@]1(C)C(=O)[C@]2(CCCc1ccccc1)[C@@]1(CCCc2ccccc2)C(=O)[C@@]2(C)CC[C@H]1C2(C)C. The van der Waals surface area contributed by atoms with E-state index in [-0.39, 0.29) is 33.5 Å². The van der Waals surface area contributed by atoms with Crippen LogP contribution in [0.25, 0.3) is 0 Å². The Labute approximate surface area is 242 Å². The fraction of sp³-hybridized carbons (Fsp3) is 0.632. The minimum atomic E-state index is -0.563. The molecular weight excluding hydrogens is 488 g/mol. The van der Waals surface area contributed by atoms with Crippen molar-refractivity contribution in [3.63, 3.8) is 0 Å². The van der Waals surface area contributed by atoms with E-state index in [1.165, 1.54) is 11.1 Å². The van der Waals surface area contributed by atoms with Gasteiger partial charge in [-0.1, -0.05) is 102 Å². The molecule has 2 aromatic rings. The maximum absolute atomic E-state index is 15.3. The van der Waals surface area contributed by atoms with Crippen LogP contribution in [-0.2, 0) is 22.4 Å². The Balaban J connectivity index is 1.48. The average Bonchev–Trinajstić information content (AvgIpc) is 3.42. The van der Waals surface area contributed by atoms with E-state index in [2.05, 4.69) is 102 Å². The average molecular weight is 539 g/mol. The zero-order chi connectivity index (χ0) is 28.6. The van der Waals surface area contributed by atoms with E-state index in [1.807, 2.05) is 0 Å². The molecule has 214 valence electrons. The maximum Gasteiger partial charge on any atom is 0.146 e. The summed E-state index contributed by atoms with van der Waals surface area (Å²) in [5.41, 5.74) is 0.686. The van der Waals surface area contributed by atoms with Crippen LogP contribution in [0.4, 0.5) is 0 Å². The van der Waals surface area contributed by atoms with Crippen molar-refractivity contribution in [1.82, 2.24) is 0 Å². The van der Waals surface area contributed by atoms with Crippen LogP contribution < -0.4 is 0 Å². The second kappa shape index (κ2) is 9.14. The molecule has 4 aliphatic rings. The van der Waals surface area contributed by atoms with Gasteiger partial charge in [-0.3, -0.25) is 9.59 Å². The largest absolute Gasteiger partial charge is 0.298 e. The Bertz CT molecular complexity index is 1190. The van der Waals surface area contributed by atoms with E-state index >= 15 is 9.59 Å². The quantitative estimate of drug-likeness (QED) is 0.319. The molecule has 4 saturated carbocycles. The Morgan fingerprint density at radius 3 is 1.23 bits per heavy atom. The van der Waals surface area contributed by atoms with Crippen molar-refractivity contribution in [2.75, 3.05) is 0 Å². The van der Waals surface area contributed by atoms with Crippen LogP contribution in [0, 0.1) is 44.3 Å².